The van der Waals surface area contributed by atoms with Gasteiger partial charge >= 0.3 is 12.1 Å². The lowest BCUT2D eigenvalue weighted by atomic mass is 10.0. The molecule has 0 aliphatic carbocycles. The van der Waals surface area contributed by atoms with Crippen molar-refractivity contribution in [1.82, 2.24) is 0 Å². The molecule has 0 saturated carbocycles. The number of ketones is 1. The van der Waals surface area contributed by atoms with Gasteiger partial charge in [-0.05, 0) is 19.9 Å². The Kier molecular flexibility index (Phi) is 5.77. The van der Waals surface area contributed by atoms with E-state index in [2.05, 4.69) is 4.74 Å². The zero-order valence-corrected chi connectivity index (χ0v) is 9.00. The number of alkyl halides is 3. The molecule has 0 N–H and O–H groups in total. The van der Waals surface area contributed by atoms with Crippen LogP contribution in [-0.2, 0) is 14.3 Å². The molecule has 0 aromatic carbocycles. The number of allylic oxidation sites excluding steroid dienone is 2. The molecule has 6 heteroatoms. The molecular weight excluding hydrogens is 225 g/mol. The van der Waals surface area contributed by atoms with Crippen LogP contribution in [0.1, 0.15) is 20.3 Å². The van der Waals surface area contributed by atoms with E-state index in [0.717, 1.165) is 6.08 Å². The molecule has 0 aliphatic heterocycles. The molecule has 16 heavy (non-hydrogen) atoms. The van der Waals surface area contributed by atoms with Crippen LogP contribution in [0.2, 0.25) is 0 Å². The van der Waals surface area contributed by atoms with Crippen molar-refractivity contribution in [3.63, 3.8) is 0 Å². The number of carbonyl (C=O) groups is 2. The molecule has 0 heterocycles. The molecule has 0 aromatic heterocycles. The van der Waals surface area contributed by atoms with Gasteiger partial charge in [0, 0.05) is 6.42 Å². The number of ether oxygens (including phenoxy) is 1. The second kappa shape index (κ2) is 6.30. The number of rotatable bonds is 5. The van der Waals surface area contributed by atoms with E-state index < -0.39 is 30.3 Å². The number of hydrogen-bond donors (Lipinski definition) is 0. The molecule has 92 valence electrons. The molecule has 0 fully saturated rings. The smallest absolute Gasteiger partial charge is 0.402 e. The summed E-state index contributed by atoms with van der Waals surface area (Å²) < 4.78 is 41.5. The Hall–Kier alpha value is -1.33. The van der Waals surface area contributed by atoms with Gasteiger partial charge < -0.3 is 4.74 Å². The third-order valence-corrected chi connectivity index (χ3v) is 1.72. The van der Waals surface area contributed by atoms with Crippen molar-refractivity contribution in [2.75, 3.05) is 6.61 Å². The van der Waals surface area contributed by atoms with E-state index in [-0.39, 0.29) is 6.61 Å². The minimum Gasteiger partial charge on any atom is -0.466 e. The van der Waals surface area contributed by atoms with Gasteiger partial charge in [0.25, 0.3) is 0 Å². The van der Waals surface area contributed by atoms with Gasteiger partial charge in [-0.3, -0.25) is 9.59 Å². The summed E-state index contributed by atoms with van der Waals surface area (Å²) >= 11 is 0. The van der Waals surface area contributed by atoms with E-state index in [4.69, 9.17) is 0 Å². The molecule has 0 aliphatic rings. The van der Waals surface area contributed by atoms with E-state index in [1.807, 2.05) is 0 Å². The second-order valence-electron chi connectivity index (χ2n) is 3.02. The van der Waals surface area contributed by atoms with Crippen LogP contribution in [0, 0.1) is 5.92 Å². The van der Waals surface area contributed by atoms with Crippen molar-refractivity contribution < 1.29 is 27.5 Å². The summed E-state index contributed by atoms with van der Waals surface area (Å²) in [5.74, 6) is -4.54. The van der Waals surface area contributed by atoms with E-state index in [1.165, 1.54) is 19.9 Å². The van der Waals surface area contributed by atoms with Gasteiger partial charge in [-0.2, -0.15) is 13.2 Å². The quantitative estimate of drug-likeness (QED) is 0.545. The van der Waals surface area contributed by atoms with Gasteiger partial charge in [-0.15, -0.1) is 0 Å². The third kappa shape index (κ3) is 4.95. The molecule has 0 bridgehead atoms. The van der Waals surface area contributed by atoms with E-state index >= 15 is 0 Å². The molecule has 0 saturated heterocycles. The van der Waals surface area contributed by atoms with Crippen LogP contribution in [0.3, 0.4) is 0 Å². The summed E-state index contributed by atoms with van der Waals surface area (Å²) in [6.07, 6.45) is -3.35. The lowest BCUT2D eigenvalue weighted by molar-refractivity contribution is -0.198. The molecule has 1 atom stereocenters. The first-order chi connectivity index (χ1) is 7.32. The molecule has 0 amide bonds. The highest BCUT2D eigenvalue weighted by molar-refractivity contribution is 5.92. The van der Waals surface area contributed by atoms with Gasteiger partial charge in [0.2, 0.25) is 0 Å². The number of carbonyl (C=O) groups excluding carboxylic acids is 2. The first-order valence-electron chi connectivity index (χ1n) is 4.71. The maximum absolute atomic E-state index is 12.4. The lowest BCUT2D eigenvalue weighted by Gasteiger charge is -2.17. The van der Waals surface area contributed by atoms with Crippen molar-refractivity contribution >= 4 is 11.8 Å². The summed E-state index contributed by atoms with van der Waals surface area (Å²) in [6.45, 7) is 2.76. The Labute approximate surface area is 91.3 Å². The first kappa shape index (κ1) is 14.7. The van der Waals surface area contributed by atoms with Crippen LogP contribution < -0.4 is 0 Å². The summed E-state index contributed by atoms with van der Waals surface area (Å²) in [4.78, 5) is 22.0. The van der Waals surface area contributed by atoms with Gasteiger partial charge in [-0.25, -0.2) is 0 Å². The number of halogens is 3. The van der Waals surface area contributed by atoms with Gasteiger partial charge in [-0.1, -0.05) is 6.08 Å². The lowest BCUT2D eigenvalue weighted by Crippen LogP contribution is -2.33. The molecule has 0 radical (unpaired) electrons. The third-order valence-electron chi connectivity index (χ3n) is 1.72. The topological polar surface area (TPSA) is 43.4 Å². The summed E-state index contributed by atoms with van der Waals surface area (Å²) in [6, 6.07) is 0. The fraction of sp³-hybridized carbons (Fsp3) is 0.600. The SMILES string of the molecule is C/C=C/C(=O)CC(C(=O)OCC)C(F)(F)F. The predicted octanol–water partition coefficient (Wildman–Crippen LogP) is 2.26. The van der Waals surface area contributed by atoms with Gasteiger partial charge in [0.15, 0.2) is 11.7 Å². The van der Waals surface area contributed by atoms with E-state index in [1.54, 1.807) is 0 Å². The Bertz CT molecular complexity index is 282. The normalized spacial score (nSPS) is 13.8. The predicted molar refractivity (Wildman–Crippen MR) is 50.6 cm³/mol. The minimum atomic E-state index is -4.76. The van der Waals surface area contributed by atoms with E-state index in [9.17, 15) is 22.8 Å². The van der Waals surface area contributed by atoms with Crippen LogP contribution in [-0.4, -0.2) is 24.5 Å². The Balaban J connectivity index is 4.69. The fourth-order valence-electron chi connectivity index (χ4n) is 1.03. The molecule has 1 unspecified atom stereocenters. The molecule has 0 rings (SSSR count). The minimum absolute atomic E-state index is 0.150. The highest BCUT2D eigenvalue weighted by Crippen LogP contribution is 2.30. The average molecular weight is 238 g/mol. The van der Waals surface area contributed by atoms with Crippen LogP contribution in [0.5, 0.6) is 0 Å². The van der Waals surface area contributed by atoms with Crippen molar-refractivity contribution in [3.8, 4) is 0 Å². The molecule has 0 aromatic rings. The summed E-state index contributed by atoms with van der Waals surface area (Å²) in [5, 5.41) is 0. The Morgan fingerprint density at radius 1 is 1.38 bits per heavy atom. The zero-order valence-electron chi connectivity index (χ0n) is 9.00. The van der Waals surface area contributed by atoms with Gasteiger partial charge in [0.05, 0.1) is 6.61 Å². The highest BCUT2D eigenvalue weighted by atomic mass is 19.4. The Morgan fingerprint density at radius 2 is 1.94 bits per heavy atom. The summed E-state index contributed by atoms with van der Waals surface area (Å²) in [7, 11) is 0. The number of esters is 1. The zero-order chi connectivity index (χ0) is 12.8. The fourth-order valence-corrected chi connectivity index (χ4v) is 1.03. The van der Waals surface area contributed by atoms with Crippen molar-refractivity contribution in [1.29, 1.82) is 0 Å². The van der Waals surface area contributed by atoms with Crippen LogP contribution >= 0.6 is 0 Å². The molecule has 0 spiro atoms. The average Bonchev–Trinajstić information content (AvgIpc) is 2.13. The monoisotopic (exact) mass is 238 g/mol. The van der Waals surface area contributed by atoms with Crippen molar-refractivity contribution in [2.24, 2.45) is 5.92 Å². The second-order valence-corrected chi connectivity index (χ2v) is 3.02. The molecular formula is C10H13F3O3. The standard InChI is InChI=1S/C10H13F3O3/c1-3-5-7(14)6-8(10(11,12)13)9(15)16-4-2/h3,5,8H,4,6H2,1-2H3/b5-3+. The maximum atomic E-state index is 12.4. The number of hydrogen-bond acceptors (Lipinski definition) is 3. The first-order valence-corrected chi connectivity index (χ1v) is 4.71. The highest BCUT2D eigenvalue weighted by Gasteiger charge is 2.46. The van der Waals surface area contributed by atoms with Crippen LogP contribution in [0.15, 0.2) is 12.2 Å². The van der Waals surface area contributed by atoms with Crippen molar-refractivity contribution in [3.05, 3.63) is 12.2 Å². The summed E-state index contributed by atoms with van der Waals surface area (Å²) in [5.41, 5.74) is 0. The van der Waals surface area contributed by atoms with E-state index in [0.29, 0.717) is 0 Å². The molecule has 3 nitrogen and oxygen atoms in total. The Morgan fingerprint density at radius 3 is 2.31 bits per heavy atom. The van der Waals surface area contributed by atoms with Crippen LogP contribution in [0.25, 0.3) is 0 Å². The maximum Gasteiger partial charge on any atom is 0.402 e. The van der Waals surface area contributed by atoms with Crippen LogP contribution in [0.4, 0.5) is 13.2 Å². The van der Waals surface area contributed by atoms with Gasteiger partial charge in [0.1, 0.15) is 0 Å². The largest absolute Gasteiger partial charge is 0.466 e. The van der Waals surface area contributed by atoms with Crippen molar-refractivity contribution in [2.45, 2.75) is 26.4 Å².